The van der Waals surface area contributed by atoms with Gasteiger partial charge in [0.25, 0.3) is 10.2 Å². The van der Waals surface area contributed by atoms with Gasteiger partial charge in [-0.05, 0) is 24.6 Å². The molecule has 1 aromatic rings. The second-order valence-corrected chi connectivity index (χ2v) is 7.60. The van der Waals surface area contributed by atoms with Gasteiger partial charge in [0.15, 0.2) is 0 Å². The van der Waals surface area contributed by atoms with Gasteiger partial charge in [0.05, 0.1) is 0 Å². The summed E-state index contributed by atoms with van der Waals surface area (Å²) in [5.74, 6) is -0.243. The number of piperazine rings is 1. The number of nitrogens with zero attached hydrogens (tertiary/aromatic N) is 3. The van der Waals surface area contributed by atoms with Crippen LogP contribution in [-0.2, 0) is 10.2 Å². The second-order valence-electron chi connectivity index (χ2n) is 5.45. The van der Waals surface area contributed by atoms with Crippen molar-refractivity contribution < 1.29 is 12.8 Å². The van der Waals surface area contributed by atoms with Gasteiger partial charge >= 0.3 is 0 Å². The molecule has 0 N–H and O–H groups in total. The van der Waals surface area contributed by atoms with Gasteiger partial charge < -0.3 is 0 Å². The summed E-state index contributed by atoms with van der Waals surface area (Å²) in [4.78, 5) is 2.22. The van der Waals surface area contributed by atoms with Crippen molar-refractivity contribution >= 4 is 10.2 Å². The maximum Gasteiger partial charge on any atom is 0.281 e. The van der Waals surface area contributed by atoms with Gasteiger partial charge in [0.1, 0.15) is 5.82 Å². The first-order chi connectivity index (χ1) is 9.82. The fraction of sp³-hybridized carbons (Fsp3) is 0.571. The third kappa shape index (κ3) is 3.60. The minimum absolute atomic E-state index is 0.148. The van der Waals surface area contributed by atoms with Crippen LogP contribution in [0.25, 0.3) is 0 Å². The Morgan fingerprint density at radius 3 is 2.10 bits per heavy atom. The summed E-state index contributed by atoms with van der Waals surface area (Å²) in [7, 11) is -0.240. The van der Waals surface area contributed by atoms with E-state index >= 15 is 0 Å². The predicted octanol–water partition coefficient (Wildman–Crippen LogP) is 1.31. The summed E-state index contributed by atoms with van der Waals surface area (Å²) >= 11 is 0. The number of hydrogen-bond acceptors (Lipinski definition) is 3. The Morgan fingerprint density at radius 2 is 1.62 bits per heavy atom. The van der Waals surface area contributed by atoms with Crippen LogP contribution in [0.2, 0.25) is 0 Å². The smallest absolute Gasteiger partial charge is 0.281 e. The molecule has 1 fully saturated rings. The van der Waals surface area contributed by atoms with E-state index in [1.807, 2.05) is 0 Å². The average molecular weight is 315 g/mol. The molecule has 1 aliphatic rings. The molecule has 0 aromatic heterocycles. The highest BCUT2D eigenvalue weighted by Crippen LogP contribution is 2.22. The maximum absolute atomic E-state index is 13.0. The van der Waals surface area contributed by atoms with Crippen LogP contribution in [0.5, 0.6) is 0 Å². The Hall–Kier alpha value is -1.02. The molecular formula is C14H22FN3O2S. The molecule has 7 heteroatoms. The van der Waals surface area contributed by atoms with Crippen molar-refractivity contribution in [2.45, 2.75) is 13.0 Å². The largest absolute Gasteiger partial charge is 0.294 e. The molecular weight excluding hydrogens is 293 g/mol. The van der Waals surface area contributed by atoms with Crippen LogP contribution in [0.1, 0.15) is 18.5 Å². The lowest BCUT2D eigenvalue weighted by molar-refractivity contribution is 0.143. The third-order valence-corrected chi connectivity index (χ3v) is 5.90. The normalized spacial score (nSPS) is 19.9. The van der Waals surface area contributed by atoms with E-state index in [0.717, 1.165) is 5.56 Å². The standard InChI is InChI=1S/C14H22FN3O2S/c1-12(13-4-6-14(15)7-5-13)17-8-10-18(11-9-17)21(19,20)16(2)3/h4-7,12H,8-11H2,1-3H3/t12-/m1/s1. The topological polar surface area (TPSA) is 43.9 Å². The van der Waals surface area contributed by atoms with E-state index in [4.69, 9.17) is 0 Å². The lowest BCUT2D eigenvalue weighted by atomic mass is 10.1. The fourth-order valence-electron chi connectivity index (χ4n) is 2.50. The molecule has 21 heavy (non-hydrogen) atoms. The van der Waals surface area contributed by atoms with Gasteiger partial charge in [-0.3, -0.25) is 4.90 Å². The molecule has 5 nitrogen and oxygen atoms in total. The van der Waals surface area contributed by atoms with Gasteiger partial charge in [-0.1, -0.05) is 12.1 Å². The Morgan fingerprint density at radius 1 is 1.10 bits per heavy atom. The van der Waals surface area contributed by atoms with Crippen molar-refractivity contribution in [2.75, 3.05) is 40.3 Å². The molecule has 1 atom stereocenters. The average Bonchev–Trinajstić information content (AvgIpc) is 2.47. The van der Waals surface area contributed by atoms with Gasteiger partial charge in [0.2, 0.25) is 0 Å². The van der Waals surface area contributed by atoms with E-state index in [1.165, 1.54) is 20.7 Å². The Bertz CT molecular complexity index is 566. The van der Waals surface area contributed by atoms with E-state index < -0.39 is 10.2 Å². The Balaban J connectivity index is 1.99. The highest BCUT2D eigenvalue weighted by atomic mass is 32.2. The first-order valence-electron chi connectivity index (χ1n) is 6.99. The first-order valence-corrected chi connectivity index (χ1v) is 8.39. The van der Waals surface area contributed by atoms with Crippen LogP contribution in [0.15, 0.2) is 24.3 Å². The zero-order valence-corrected chi connectivity index (χ0v) is 13.5. The Labute approximate surface area is 126 Å². The highest BCUT2D eigenvalue weighted by molar-refractivity contribution is 7.86. The van der Waals surface area contributed by atoms with Gasteiger partial charge in [-0.15, -0.1) is 0 Å². The monoisotopic (exact) mass is 315 g/mol. The molecule has 0 bridgehead atoms. The van der Waals surface area contributed by atoms with Crippen molar-refractivity contribution in [3.63, 3.8) is 0 Å². The van der Waals surface area contributed by atoms with E-state index in [0.29, 0.717) is 26.2 Å². The lowest BCUT2D eigenvalue weighted by Crippen LogP contribution is -2.52. The van der Waals surface area contributed by atoms with Crippen LogP contribution in [0.4, 0.5) is 4.39 Å². The number of hydrogen-bond donors (Lipinski definition) is 0. The van der Waals surface area contributed by atoms with Crippen LogP contribution in [0, 0.1) is 5.82 Å². The highest BCUT2D eigenvalue weighted by Gasteiger charge is 2.30. The summed E-state index contributed by atoms with van der Waals surface area (Å²) in [5.41, 5.74) is 1.04. The molecule has 118 valence electrons. The van der Waals surface area contributed by atoms with Gasteiger partial charge in [-0.2, -0.15) is 17.0 Å². The molecule has 1 aliphatic heterocycles. The molecule has 0 aliphatic carbocycles. The van der Waals surface area contributed by atoms with Crippen LogP contribution in [-0.4, -0.2) is 62.2 Å². The fourth-order valence-corrected chi connectivity index (χ4v) is 3.59. The molecule has 0 saturated carbocycles. The van der Waals surface area contributed by atoms with Crippen molar-refractivity contribution in [1.82, 2.24) is 13.5 Å². The van der Waals surface area contributed by atoms with Crippen molar-refractivity contribution in [2.24, 2.45) is 0 Å². The van der Waals surface area contributed by atoms with E-state index in [9.17, 15) is 12.8 Å². The van der Waals surface area contributed by atoms with Crippen LogP contribution < -0.4 is 0 Å². The summed E-state index contributed by atoms with van der Waals surface area (Å²) in [5, 5.41) is 0. The van der Waals surface area contributed by atoms with Crippen LogP contribution in [0.3, 0.4) is 0 Å². The Kier molecular flexibility index (Phi) is 4.98. The third-order valence-electron chi connectivity index (χ3n) is 3.96. The van der Waals surface area contributed by atoms with Crippen molar-refractivity contribution in [1.29, 1.82) is 0 Å². The first kappa shape index (κ1) is 16.4. The number of halogens is 1. The molecule has 1 aromatic carbocycles. The molecule has 0 radical (unpaired) electrons. The van der Waals surface area contributed by atoms with Crippen molar-refractivity contribution in [3.8, 4) is 0 Å². The van der Waals surface area contributed by atoms with Crippen LogP contribution >= 0.6 is 0 Å². The zero-order valence-electron chi connectivity index (χ0n) is 12.7. The summed E-state index contributed by atoms with van der Waals surface area (Å²) in [6.45, 7) is 4.36. The summed E-state index contributed by atoms with van der Waals surface area (Å²) in [6, 6.07) is 6.62. The molecule has 0 amide bonds. The van der Waals surface area contributed by atoms with E-state index in [1.54, 1.807) is 26.2 Å². The summed E-state index contributed by atoms with van der Waals surface area (Å²) < 4.78 is 39.8. The molecule has 0 spiro atoms. The molecule has 2 rings (SSSR count). The van der Waals surface area contributed by atoms with Gasteiger partial charge in [0, 0.05) is 46.3 Å². The maximum atomic E-state index is 13.0. The SMILES string of the molecule is C[C@H](c1ccc(F)cc1)N1CCN(S(=O)(=O)N(C)C)CC1. The number of benzene rings is 1. The predicted molar refractivity (Wildman–Crippen MR) is 80.6 cm³/mol. The summed E-state index contributed by atoms with van der Waals surface area (Å²) in [6.07, 6.45) is 0. The van der Waals surface area contributed by atoms with E-state index in [-0.39, 0.29) is 11.9 Å². The number of rotatable bonds is 4. The van der Waals surface area contributed by atoms with E-state index in [2.05, 4.69) is 11.8 Å². The molecule has 1 saturated heterocycles. The van der Waals surface area contributed by atoms with Crippen molar-refractivity contribution in [3.05, 3.63) is 35.6 Å². The lowest BCUT2D eigenvalue weighted by Gasteiger charge is -2.38. The molecule has 0 unspecified atom stereocenters. The second kappa shape index (κ2) is 6.39. The molecule has 1 heterocycles. The van der Waals surface area contributed by atoms with Gasteiger partial charge in [-0.25, -0.2) is 4.39 Å². The quantitative estimate of drug-likeness (QED) is 0.841. The minimum atomic E-state index is -3.33. The minimum Gasteiger partial charge on any atom is -0.294 e. The zero-order chi connectivity index (χ0) is 15.6.